The summed E-state index contributed by atoms with van der Waals surface area (Å²) < 4.78 is 0. The van der Waals surface area contributed by atoms with Gasteiger partial charge in [-0.15, -0.1) is 0 Å². The van der Waals surface area contributed by atoms with Gasteiger partial charge < -0.3 is 5.73 Å². The monoisotopic (exact) mass is 97.1 g/mol. The molecule has 0 aromatic heterocycles. The fraction of sp³-hybridized carbons (Fsp3) is 0.667. The van der Waals surface area contributed by atoms with Gasteiger partial charge >= 0.3 is 0 Å². The molecule has 7 heavy (non-hydrogen) atoms. The van der Waals surface area contributed by atoms with Gasteiger partial charge in [0.2, 0.25) is 0 Å². The van der Waals surface area contributed by atoms with Gasteiger partial charge in [0.15, 0.2) is 0 Å². The molecule has 0 spiro atoms. The SMILES string of the molecule is CC(C)CC#CN. The van der Waals surface area contributed by atoms with Gasteiger partial charge in [-0.05, 0) is 5.92 Å². The predicted molar refractivity (Wildman–Crippen MR) is 31.4 cm³/mol. The molecule has 0 atom stereocenters. The lowest BCUT2D eigenvalue weighted by Gasteiger charge is -1.90. The van der Waals surface area contributed by atoms with E-state index in [1.807, 2.05) is 0 Å². The summed E-state index contributed by atoms with van der Waals surface area (Å²) in [5.74, 6) is 3.42. The molecular formula is C6H11N. The minimum Gasteiger partial charge on any atom is -0.359 e. The fourth-order valence-electron chi connectivity index (χ4n) is 0.263. The summed E-state index contributed by atoms with van der Waals surface area (Å²) in [5.41, 5.74) is 4.92. The van der Waals surface area contributed by atoms with Crippen molar-refractivity contribution < 1.29 is 0 Å². The molecule has 0 unspecified atom stereocenters. The molecule has 0 amide bonds. The summed E-state index contributed by atoms with van der Waals surface area (Å²) in [6.45, 7) is 4.23. The Kier molecular flexibility index (Phi) is 3.22. The molecule has 0 saturated heterocycles. The van der Waals surface area contributed by atoms with Crippen LogP contribution in [0, 0.1) is 17.9 Å². The highest BCUT2D eigenvalue weighted by Crippen LogP contribution is 1.94. The van der Waals surface area contributed by atoms with E-state index in [-0.39, 0.29) is 0 Å². The van der Waals surface area contributed by atoms with Gasteiger partial charge in [0, 0.05) is 12.5 Å². The Hall–Kier alpha value is -0.640. The van der Waals surface area contributed by atoms with Crippen molar-refractivity contribution in [2.24, 2.45) is 11.7 Å². The number of nitrogens with two attached hydrogens (primary N) is 1. The van der Waals surface area contributed by atoms with Crippen molar-refractivity contribution in [1.82, 2.24) is 0 Å². The van der Waals surface area contributed by atoms with E-state index in [1.54, 1.807) is 0 Å². The van der Waals surface area contributed by atoms with Gasteiger partial charge in [0.1, 0.15) is 0 Å². The molecule has 0 heterocycles. The van der Waals surface area contributed by atoms with Crippen LogP contribution in [-0.2, 0) is 0 Å². The van der Waals surface area contributed by atoms with Gasteiger partial charge in [-0.25, -0.2) is 0 Å². The summed E-state index contributed by atoms with van der Waals surface area (Å²) >= 11 is 0. The lowest BCUT2D eigenvalue weighted by molar-refractivity contribution is 0.675. The first-order valence-corrected chi connectivity index (χ1v) is 2.46. The normalized spacial score (nSPS) is 7.86. The molecule has 1 nitrogen and oxygen atoms in total. The number of hydrogen-bond acceptors (Lipinski definition) is 1. The summed E-state index contributed by atoms with van der Waals surface area (Å²) in [4.78, 5) is 0. The Morgan fingerprint density at radius 2 is 2.14 bits per heavy atom. The highest BCUT2D eigenvalue weighted by atomic mass is 14.4. The van der Waals surface area contributed by atoms with E-state index in [0.29, 0.717) is 5.92 Å². The third kappa shape index (κ3) is 5.36. The van der Waals surface area contributed by atoms with Crippen LogP contribution < -0.4 is 5.73 Å². The van der Waals surface area contributed by atoms with E-state index in [1.165, 1.54) is 0 Å². The lowest BCUT2D eigenvalue weighted by Crippen LogP contribution is -1.84. The third-order valence-corrected chi connectivity index (χ3v) is 0.612. The summed E-state index contributed by atoms with van der Waals surface area (Å²) in [5, 5.41) is 0. The zero-order chi connectivity index (χ0) is 5.70. The van der Waals surface area contributed by atoms with Crippen molar-refractivity contribution in [2.45, 2.75) is 20.3 Å². The van der Waals surface area contributed by atoms with Crippen LogP contribution in [-0.4, -0.2) is 0 Å². The smallest absolute Gasteiger partial charge is 0.0130 e. The Balaban J connectivity index is 3.08. The minimum absolute atomic E-state index is 0.649. The Morgan fingerprint density at radius 1 is 1.57 bits per heavy atom. The highest BCUT2D eigenvalue weighted by molar-refractivity contribution is 4.93. The Morgan fingerprint density at radius 3 is 2.29 bits per heavy atom. The molecule has 0 radical (unpaired) electrons. The van der Waals surface area contributed by atoms with E-state index >= 15 is 0 Å². The van der Waals surface area contributed by atoms with Crippen molar-refractivity contribution >= 4 is 0 Å². The second kappa shape index (κ2) is 3.55. The molecule has 0 aliphatic carbocycles. The van der Waals surface area contributed by atoms with Crippen LogP contribution in [0.5, 0.6) is 0 Å². The van der Waals surface area contributed by atoms with Gasteiger partial charge in [-0.2, -0.15) is 0 Å². The lowest BCUT2D eigenvalue weighted by atomic mass is 10.1. The van der Waals surface area contributed by atoms with Crippen molar-refractivity contribution in [1.29, 1.82) is 0 Å². The first-order valence-electron chi connectivity index (χ1n) is 2.46. The van der Waals surface area contributed by atoms with Crippen LogP contribution >= 0.6 is 0 Å². The van der Waals surface area contributed by atoms with E-state index in [9.17, 15) is 0 Å². The predicted octanol–water partition coefficient (Wildman–Crippen LogP) is 0.952. The van der Waals surface area contributed by atoms with Crippen LogP contribution in [0.3, 0.4) is 0 Å². The van der Waals surface area contributed by atoms with Crippen LogP contribution in [0.1, 0.15) is 20.3 Å². The van der Waals surface area contributed by atoms with Gasteiger partial charge in [-0.1, -0.05) is 19.8 Å². The van der Waals surface area contributed by atoms with E-state index in [0.717, 1.165) is 6.42 Å². The van der Waals surface area contributed by atoms with Gasteiger partial charge in [-0.3, -0.25) is 0 Å². The van der Waals surface area contributed by atoms with Gasteiger partial charge in [0.05, 0.1) is 0 Å². The maximum atomic E-state index is 4.92. The average molecular weight is 97.2 g/mol. The molecule has 0 bridgehead atoms. The van der Waals surface area contributed by atoms with Crippen LogP contribution in [0.15, 0.2) is 0 Å². The fourth-order valence-corrected chi connectivity index (χ4v) is 0.263. The van der Waals surface area contributed by atoms with Crippen LogP contribution in [0.25, 0.3) is 0 Å². The summed E-state index contributed by atoms with van der Waals surface area (Å²) in [6.07, 6.45) is 0.913. The largest absolute Gasteiger partial charge is 0.359 e. The Bertz CT molecular complexity index is 84.1. The van der Waals surface area contributed by atoms with Gasteiger partial charge in [0.25, 0.3) is 0 Å². The Labute approximate surface area is 44.9 Å². The molecule has 0 aromatic carbocycles. The minimum atomic E-state index is 0.649. The highest BCUT2D eigenvalue weighted by Gasteiger charge is 1.84. The van der Waals surface area contributed by atoms with Crippen LogP contribution in [0.4, 0.5) is 0 Å². The molecule has 0 saturated carbocycles. The third-order valence-electron chi connectivity index (χ3n) is 0.612. The average Bonchev–Trinajstić information content (AvgIpc) is 1.61. The first kappa shape index (κ1) is 6.36. The summed E-state index contributed by atoms with van der Waals surface area (Å²) in [7, 11) is 0. The van der Waals surface area contributed by atoms with Crippen LogP contribution in [0.2, 0.25) is 0 Å². The van der Waals surface area contributed by atoms with E-state index in [4.69, 9.17) is 5.73 Å². The first-order chi connectivity index (χ1) is 3.27. The number of rotatable bonds is 1. The maximum Gasteiger partial charge on any atom is 0.0130 e. The standard InChI is InChI=1S/C6H11N/c1-6(2)4-3-5-7/h6H,4,7H2,1-2H3. The summed E-state index contributed by atoms with van der Waals surface area (Å²) in [6, 6.07) is 2.35. The molecule has 0 aromatic rings. The quantitative estimate of drug-likeness (QED) is 0.382. The number of hydrogen-bond donors (Lipinski definition) is 1. The van der Waals surface area contributed by atoms with Crippen molar-refractivity contribution in [3.63, 3.8) is 0 Å². The topological polar surface area (TPSA) is 26.0 Å². The molecule has 0 aliphatic heterocycles. The van der Waals surface area contributed by atoms with E-state index < -0.39 is 0 Å². The molecule has 0 rings (SSSR count). The molecule has 2 N–H and O–H groups in total. The molecule has 0 fully saturated rings. The molecule has 40 valence electrons. The van der Waals surface area contributed by atoms with E-state index in [2.05, 4.69) is 25.8 Å². The van der Waals surface area contributed by atoms with Crippen molar-refractivity contribution in [3.8, 4) is 12.0 Å². The molecular weight excluding hydrogens is 86.1 g/mol. The maximum absolute atomic E-state index is 4.92. The zero-order valence-corrected chi connectivity index (χ0v) is 4.86. The molecule has 0 aliphatic rings. The van der Waals surface area contributed by atoms with Crippen molar-refractivity contribution in [2.75, 3.05) is 0 Å². The molecule has 1 heteroatoms. The zero-order valence-electron chi connectivity index (χ0n) is 4.86. The second-order valence-electron chi connectivity index (χ2n) is 1.92. The van der Waals surface area contributed by atoms with Crippen molar-refractivity contribution in [3.05, 3.63) is 0 Å². The second-order valence-corrected chi connectivity index (χ2v) is 1.92.